The number of esters is 1. The fourth-order valence-corrected chi connectivity index (χ4v) is 5.45. The Balaban J connectivity index is 0.00000155. The summed E-state index contributed by atoms with van der Waals surface area (Å²) in [6.07, 6.45) is -2.57. The average Bonchev–Trinajstić information content (AvgIpc) is 2.92. The van der Waals surface area contributed by atoms with E-state index in [-0.39, 0.29) is 61.2 Å². The smallest absolute Gasteiger partial charge is 0.373 e. The van der Waals surface area contributed by atoms with Crippen LogP contribution in [-0.4, -0.2) is 80.3 Å². The van der Waals surface area contributed by atoms with E-state index < -0.39 is 30.3 Å². The highest BCUT2D eigenvalue weighted by Crippen LogP contribution is 2.39. The van der Waals surface area contributed by atoms with E-state index in [0.29, 0.717) is 13.2 Å². The summed E-state index contributed by atoms with van der Waals surface area (Å²) in [5.41, 5.74) is 0.463. The maximum atomic E-state index is 12.3. The molecule has 0 radical (unpaired) electrons. The van der Waals surface area contributed by atoms with Crippen LogP contribution in [0.15, 0.2) is 30.3 Å². The molecule has 0 amide bonds. The van der Waals surface area contributed by atoms with Crippen LogP contribution in [0.1, 0.15) is 61.0 Å². The predicted molar refractivity (Wildman–Crippen MR) is 147 cm³/mol. The number of hydrogen-bond acceptors (Lipinski definition) is 11. The van der Waals surface area contributed by atoms with Crippen molar-refractivity contribution in [3.63, 3.8) is 0 Å². The molecule has 3 aliphatic heterocycles. The second-order valence-electron chi connectivity index (χ2n) is 12.2. The fraction of sp³-hybridized carbons (Fsp3) is 0.742. The lowest BCUT2D eigenvalue weighted by Gasteiger charge is -2.50. The third-order valence-corrected chi connectivity index (χ3v) is 7.74. The maximum absolute atomic E-state index is 12.3. The first-order chi connectivity index (χ1) is 19.8. The van der Waals surface area contributed by atoms with Crippen molar-refractivity contribution < 1.29 is 52.3 Å². The normalized spacial score (nSPS) is 36.5. The molecule has 0 saturated carbocycles. The molecule has 1 aromatic carbocycles. The first kappa shape index (κ1) is 34.3. The van der Waals surface area contributed by atoms with Gasteiger partial charge in [0.25, 0.3) is 0 Å². The van der Waals surface area contributed by atoms with Gasteiger partial charge in [-0.15, -0.1) is 0 Å². The summed E-state index contributed by atoms with van der Waals surface area (Å²) in [6.45, 7) is 16.3. The van der Waals surface area contributed by atoms with Crippen molar-refractivity contribution in [3.05, 3.63) is 35.9 Å². The van der Waals surface area contributed by atoms with E-state index in [1.165, 1.54) is 0 Å². The Bertz CT molecular complexity index is 1000. The number of carbonyl (C=O) groups is 1. The minimum atomic E-state index is -0.664. The predicted octanol–water partition coefficient (Wildman–Crippen LogP) is 3.87. The zero-order chi connectivity index (χ0) is 31.0. The highest BCUT2D eigenvalue weighted by molar-refractivity contribution is 5.71. The molecule has 3 saturated heterocycles. The topological polar surface area (TPSA) is 125 Å². The molecule has 5 unspecified atom stereocenters. The van der Waals surface area contributed by atoms with E-state index in [0.717, 1.165) is 5.56 Å². The lowest BCUT2D eigenvalue weighted by molar-refractivity contribution is -0.365. The molecule has 0 bridgehead atoms. The van der Waals surface area contributed by atoms with Gasteiger partial charge in [0, 0.05) is 11.8 Å². The third kappa shape index (κ3) is 9.39. The Morgan fingerprint density at radius 3 is 2.19 bits per heavy atom. The molecule has 3 aliphatic rings. The van der Waals surface area contributed by atoms with Crippen molar-refractivity contribution in [2.24, 2.45) is 17.8 Å². The van der Waals surface area contributed by atoms with Crippen molar-refractivity contribution in [3.8, 4) is 0 Å². The quantitative estimate of drug-likeness (QED) is 0.407. The second-order valence-corrected chi connectivity index (χ2v) is 12.2. The molecule has 3 heterocycles. The number of fused-ring (bicyclic) bond motifs is 1. The van der Waals surface area contributed by atoms with Gasteiger partial charge in [-0.2, -0.15) is 9.59 Å². The molecule has 11 atom stereocenters. The molecule has 0 spiro atoms. The van der Waals surface area contributed by atoms with Crippen molar-refractivity contribution in [1.82, 2.24) is 0 Å². The van der Waals surface area contributed by atoms with Gasteiger partial charge in [-0.05, 0) is 46.1 Å². The van der Waals surface area contributed by atoms with Gasteiger partial charge < -0.3 is 37.9 Å². The van der Waals surface area contributed by atoms with Gasteiger partial charge >= 0.3 is 12.1 Å². The molecule has 0 aliphatic carbocycles. The summed E-state index contributed by atoms with van der Waals surface area (Å²) in [5.74, 6) is -0.380. The van der Waals surface area contributed by atoms with Crippen LogP contribution in [0.2, 0.25) is 0 Å². The van der Waals surface area contributed by atoms with Gasteiger partial charge in [0.05, 0.1) is 31.5 Å². The van der Waals surface area contributed by atoms with Crippen LogP contribution in [0.3, 0.4) is 0 Å². The van der Waals surface area contributed by atoms with Gasteiger partial charge in [0.1, 0.15) is 24.4 Å². The summed E-state index contributed by atoms with van der Waals surface area (Å²) in [4.78, 5) is 28.6. The Kier molecular flexibility index (Phi) is 12.6. The van der Waals surface area contributed by atoms with Crippen molar-refractivity contribution in [2.75, 3.05) is 13.2 Å². The van der Waals surface area contributed by atoms with Crippen molar-refractivity contribution in [2.45, 2.75) is 117 Å². The van der Waals surface area contributed by atoms with Gasteiger partial charge in [-0.1, -0.05) is 51.1 Å². The number of hydrogen-bond donors (Lipinski definition) is 0. The minimum Gasteiger partial charge on any atom is -0.458 e. The highest BCUT2D eigenvalue weighted by Gasteiger charge is 2.50. The summed E-state index contributed by atoms with van der Waals surface area (Å²) < 4.78 is 48.9. The Hall–Kier alpha value is -2.21. The van der Waals surface area contributed by atoms with Crippen LogP contribution in [0.5, 0.6) is 0 Å². The van der Waals surface area contributed by atoms with Crippen molar-refractivity contribution >= 4 is 12.1 Å². The molecular weight excluding hydrogens is 548 g/mol. The number of carbonyl (C=O) groups excluding carboxylic acids is 3. The Morgan fingerprint density at radius 2 is 1.55 bits per heavy atom. The number of benzene rings is 1. The second kappa shape index (κ2) is 15.5. The van der Waals surface area contributed by atoms with Crippen LogP contribution < -0.4 is 0 Å². The average molecular weight is 595 g/mol. The first-order valence-electron chi connectivity index (χ1n) is 14.6. The van der Waals surface area contributed by atoms with Gasteiger partial charge in [-0.25, -0.2) is 4.79 Å². The van der Waals surface area contributed by atoms with Crippen LogP contribution in [0.4, 0.5) is 0 Å². The first-order valence-corrected chi connectivity index (χ1v) is 14.6. The third-order valence-electron chi connectivity index (χ3n) is 7.74. The van der Waals surface area contributed by atoms with E-state index in [4.69, 9.17) is 47.5 Å². The van der Waals surface area contributed by atoms with E-state index in [1.807, 2.05) is 71.9 Å². The molecule has 11 nitrogen and oxygen atoms in total. The molecule has 3 fully saturated rings. The van der Waals surface area contributed by atoms with Crippen molar-refractivity contribution in [1.29, 1.82) is 0 Å². The monoisotopic (exact) mass is 594 g/mol. The van der Waals surface area contributed by atoms with Gasteiger partial charge in [0.15, 0.2) is 18.9 Å². The fourth-order valence-electron chi connectivity index (χ4n) is 5.45. The van der Waals surface area contributed by atoms with E-state index in [9.17, 15) is 4.79 Å². The van der Waals surface area contributed by atoms with Gasteiger partial charge in [-0.3, -0.25) is 0 Å². The van der Waals surface area contributed by atoms with Crippen LogP contribution in [-0.2, 0) is 58.9 Å². The summed E-state index contributed by atoms with van der Waals surface area (Å²) in [6, 6.07) is 10.0. The zero-order valence-corrected chi connectivity index (χ0v) is 25.8. The maximum Gasteiger partial charge on any atom is 0.373 e. The van der Waals surface area contributed by atoms with E-state index in [1.54, 1.807) is 0 Å². The van der Waals surface area contributed by atoms with Crippen LogP contribution in [0, 0.1) is 17.8 Å². The molecule has 1 aromatic rings. The van der Waals surface area contributed by atoms with Crippen LogP contribution >= 0.6 is 0 Å². The molecule has 42 heavy (non-hydrogen) atoms. The molecule has 0 aromatic heterocycles. The standard InChI is InChI=1S/C30H46O9.CO2/c1-17-18(2)29(37-23-15-32-21(5)36-25(17)23)38-27-20(4)35-28(34-16-24(31)39-30(6,7)8)19(3)26(27)33-14-22-12-10-9-11-13-22;2-1-3/h9-13,17-21,23,25-29H,14-16H2,1-8H3;/t17-,18?,19?,20?,21?,23?,25+,26+,27-,28-,29-;/m1./s1. The summed E-state index contributed by atoms with van der Waals surface area (Å²) >= 11 is 0. The lowest BCUT2D eigenvalue weighted by Crippen LogP contribution is -2.60. The minimum absolute atomic E-state index is 0.0432. The SMILES string of the molecule is CC1OCC2O[C@H](O[C@@H]3C(C)O[C@@H](OCC(=O)OC(C)(C)C)C(C)[C@@H]3OCc3ccccc3)C(C)[C@@H](C)[C@@H]2O1.O=C=O. The number of rotatable bonds is 8. The zero-order valence-electron chi connectivity index (χ0n) is 25.8. The Morgan fingerprint density at radius 1 is 0.881 bits per heavy atom. The molecule has 4 rings (SSSR count). The molecule has 236 valence electrons. The molecule has 0 N–H and O–H groups in total. The molecule has 11 heteroatoms. The Labute approximate surface area is 248 Å². The summed E-state index contributed by atoms with van der Waals surface area (Å²) in [7, 11) is 0. The molecular formula is C31H46O11. The highest BCUT2D eigenvalue weighted by atomic mass is 16.8. The number of ether oxygens (including phenoxy) is 8. The van der Waals surface area contributed by atoms with E-state index in [2.05, 4.69) is 13.8 Å². The summed E-state index contributed by atoms with van der Waals surface area (Å²) in [5, 5.41) is 0. The van der Waals surface area contributed by atoms with Crippen LogP contribution in [0.25, 0.3) is 0 Å². The lowest BCUT2D eigenvalue weighted by atomic mass is 9.84. The van der Waals surface area contributed by atoms with E-state index >= 15 is 0 Å². The largest absolute Gasteiger partial charge is 0.458 e. The van der Waals surface area contributed by atoms with Gasteiger partial charge in [0.2, 0.25) is 0 Å².